The van der Waals surface area contributed by atoms with Gasteiger partial charge in [-0.3, -0.25) is 4.79 Å². The molecule has 1 fully saturated rings. The summed E-state index contributed by atoms with van der Waals surface area (Å²) in [5, 5.41) is 5.59. The van der Waals surface area contributed by atoms with E-state index in [2.05, 4.69) is 10.6 Å². The molecule has 4 rings (SSSR count). The Morgan fingerprint density at radius 1 is 1.00 bits per heavy atom. The Morgan fingerprint density at radius 3 is 2.47 bits per heavy atom. The molecule has 2 aromatic rings. The summed E-state index contributed by atoms with van der Waals surface area (Å²) in [6.45, 7) is 3.06. The van der Waals surface area contributed by atoms with Gasteiger partial charge in [-0.1, -0.05) is 12.1 Å². The number of carbonyl (C=O) groups excluding carboxylic acids is 3. The fourth-order valence-corrected chi connectivity index (χ4v) is 2.91. The van der Waals surface area contributed by atoms with Gasteiger partial charge in [-0.15, -0.1) is 0 Å². The van der Waals surface area contributed by atoms with Gasteiger partial charge in [-0.2, -0.15) is 0 Å². The molecule has 9 nitrogen and oxygen atoms in total. The zero-order valence-corrected chi connectivity index (χ0v) is 16.2. The van der Waals surface area contributed by atoms with Gasteiger partial charge in [0.2, 0.25) is 6.79 Å². The Labute approximate surface area is 171 Å². The minimum Gasteiger partial charge on any atom is -0.454 e. The van der Waals surface area contributed by atoms with Gasteiger partial charge in [0.1, 0.15) is 0 Å². The highest BCUT2D eigenvalue weighted by atomic mass is 16.7. The highest BCUT2D eigenvalue weighted by Gasteiger charge is 2.39. The fraction of sp³-hybridized carbons (Fsp3) is 0.190. The highest BCUT2D eigenvalue weighted by Crippen LogP contribution is 2.34. The van der Waals surface area contributed by atoms with Crippen molar-refractivity contribution in [3.8, 4) is 11.5 Å². The maximum absolute atomic E-state index is 12.8. The van der Waals surface area contributed by atoms with Crippen molar-refractivity contribution in [2.24, 2.45) is 0 Å². The van der Waals surface area contributed by atoms with Crippen LogP contribution in [0.3, 0.4) is 0 Å². The first kappa shape index (κ1) is 19.3. The lowest BCUT2D eigenvalue weighted by Gasteiger charge is -2.29. The number of amides is 1. The Hall–Kier alpha value is -4.01. The lowest BCUT2D eigenvalue weighted by atomic mass is 10.1. The monoisotopic (exact) mass is 410 g/mol. The van der Waals surface area contributed by atoms with Crippen LogP contribution in [-0.2, 0) is 19.1 Å². The van der Waals surface area contributed by atoms with Gasteiger partial charge in [-0.25, -0.2) is 9.59 Å². The molecule has 0 saturated carbocycles. The van der Waals surface area contributed by atoms with Gasteiger partial charge in [0, 0.05) is 31.8 Å². The number of cyclic esters (lactones) is 2. The van der Waals surface area contributed by atoms with Crippen molar-refractivity contribution < 1.29 is 33.3 Å². The largest absolute Gasteiger partial charge is 0.454 e. The molecule has 0 aromatic heterocycles. The second-order valence-corrected chi connectivity index (χ2v) is 6.95. The average Bonchev–Trinajstić information content (AvgIpc) is 3.14. The van der Waals surface area contributed by atoms with E-state index in [4.69, 9.17) is 18.9 Å². The maximum Gasteiger partial charge on any atom is 0.350 e. The minimum absolute atomic E-state index is 0.135. The molecule has 0 unspecified atom stereocenters. The normalized spacial score (nSPS) is 16.4. The lowest BCUT2D eigenvalue weighted by Crippen LogP contribution is -2.42. The fourth-order valence-electron chi connectivity index (χ4n) is 2.91. The summed E-state index contributed by atoms with van der Waals surface area (Å²) in [7, 11) is 0. The van der Waals surface area contributed by atoms with E-state index in [9.17, 15) is 14.4 Å². The van der Waals surface area contributed by atoms with E-state index in [-0.39, 0.29) is 12.4 Å². The number of hydrogen-bond donors (Lipinski definition) is 2. The van der Waals surface area contributed by atoms with Crippen LogP contribution in [0.1, 0.15) is 24.2 Å². The zero-order valence-electron chi connectivity index (χ0n) is 16.2. The molecule has 30 heavy (non-hydrogen) atoms. The molecule has 1 amide bonds. The third-order valence-electron chi connectivity index (χ3n) is 4.29. The molecule has 1 saturated heterocycles. The molecule has 2 aliphatic rings. The molecule has 2 N–H and O–H groups in total. The second-order valence-electron chi connectivity index (χ2n) is 6.95. The smallest absolute Gasteiger partial charge is 0.350 e. The molecule has 0 atom stereocenters. The molecule has 0 bridgehead atoms. The third kappa shape index (κ3) is 3.90. The molecule has 0 radical (unpaired) electrons. The number of ether oxygens (including phenoxy) is 4. The van der Waals surface area contributed by atoms with Crippen LogP contribution in [0, 0.1) is 0 Å². The van der Waals surface area contributed by atoms with Crippen LogP contribution in [0.5, 0.6) is 11.5 Å². The van der Waals surface area contributed by atoms with Crippen molar-refractivity contribution in [1.29, 1.82) is 0 Å². The Balaban J connectivity index is 1.52. The van der Waals surface area contributed by atoms with E-state index in [1.807, 2.05) is 0 Å². The molecular weight excluding hydrogens is 392 g/mol. The van der Waals surface area contributed by atoms with Crippen LogP contribution in [0.2, 0.25) is 0 Å². The first-order chi connectivity index (χ1) is 14.3. The van der Waals surface area contributed by atoms with Crippen LogP contribution in [0.4, 0.5) is 11.4 Å². The van der Waals surface area contributed by atoms with Gasteiger partial charge in [-0.05, 0) is 24.3 Å². The van der Waals surface area contributed by atoms with Gasteiger partial charge in [0.15, 0.2) is 17.1 Å². The van der Waals surface area contributed by atoms with Crippen molar-refractivity contribution in [3.63, 3.8) is 0 Å². The number of esters is 2. The molecular formula is C21H18N2O7. The zero-order chi connectivity index (χ0) is 21.3. The third-order valence-corrected chi connectivity index (χ3v) is 4.29. The summed E-state index contributed by atoms with van der Waals surface area (Å²) in [5.41, 5.74) is 0.901. The van der Waals surface area contributed by atoms with Crippen molar-refractivity contribution in [2.45, 2.75) is 19.6 Å². The summed E-state index contributed by atoms with van der Waals surface area (Å²) < 4.78 is 20.7. The molecule has 9 heteroatoms. The van der Waals surface area contributed by atoms with Crippen molar-refractivity contribution >= 4 is 29.2 Å². The van der Waals surface area contributed by atoms with E-state index < -0.39 is 23.6 Å². The predicted molar refractivity (Wildman–Crippen MR) is 105 cm³/mol. The first-order valence-electron chi connectivity index (χ1n) is 9.06. The van der Waals surface area contributed by atoms with Crippen LogP contribution < -0.4 is 20.1 Å². The summed E-state index contributed by atoms with van der Waals surface area (Å²) in [6.07, 6.45) is 1.16. The van der Waals surface area contributed by atoms with E-state index in [0.29, 0.717) is 28.4 Å². The molecule has 0 aliphatic carbocycles. The first-order valence-corrected chi connectivity index (χ1v) is 9.06. The van der Waals surface area contributed by atoms with Crippen molar-refractivity contribution in [1.82, 2.24) is 0 Å². The molecule has 2 heterocycles. The number of benzene rings is 2. The van der Waals surface area contributed by atoms with Gasteiger partial charge < -0.3 is 29.6 Å². The number of anilines is 2. The van der Waals surface area contributed by atoms with Crippen LogP contribution in [-0.4, -0.2) is 30.4 Å². The number of para-hydroxylation sites is 1. The Kier molecular flexibility index (Phi) is 4.78. The van der Waals surface area contributed by atoms with E-state index in [1.165, 1.54) is 13.8 Å². The quantitative estimate of drug-likeness (QED) is 0.450. The van der Waals surface area contributed by atoms with Gasteiger partial charge >= 0.3 is 11.9 Å². The molecule has 2 aliphatic heterocycles. The maximum atomic E-state index is 12.8. The topological polar surface area (TPSA) is 112 Å². The predicted octanol–water partition coefficient (Wildman–Crippen LogP) is 2.80. The standard InChI is InChI=1S/C21H18N2O7/c1-21(2)29-19(25)14(20(26)30-21)10-22-15-6-4-3-5-13(15)18(24)23-12-7-8-16-17(9-12)28-11-27-16/h3-10,22H,11H2,1-2H3,(H,23,24). The van der Waals surface area contributed by atoms with Crippen molar-refractivity contribution in [3.05, 3.63) is 59.8 Å². The van der Waals surface area contributed by atoms with Crippen molar-refractivity contribution in [2.75, 3.05) is 17.4 Å². The summed E-state index contributed by atoms with van der Waals surface area (Å²) >= 11 is 0. The van der Waals surface area contributed by atoms with E-state index in [0.717, 1.165) is 6.20 Å². The molecule has 2 aromatic carbocycles. The van der Waals surface area contributed by atoms with E-state index in [1.54, 1.807) is 42.5 Å². The number of nitrogens with one attached hydrogen (secondary N) is 2. The second kappa shape index (κ2) is 7.43. The number of hydrogen-bond acceptors (Lipinski definition) is 8. The van der Waals surface area contributed by atoms with Crippen LogP contribution in [0.25, 0.3) is 0 Å². The van der Waals surface area contributed by atoms with Gasteiger partial charge in [0.25, 0.3) is 11.7 Å². The van der Waals surface area contributed by atoms with Crippen LogP contribution >= 0.6 is 0 Å². The number of fused-ring (bicyclic) bond motifs is 1. The summed E-state index contributed by atoms with van der Waals surface area (Å²) in [5.74, 6) is -2.20. The van der Waals surface area contributed by atoms with E-state index >= 15 is 0 Å². The average molecular weight is 410 g/mol. The summed E-state index contributed by atoms with van der Waals surface area (Å²) in [4.78, 5) is 36.9. The Morgan fingerprint density at radius 2 is 1.70 bits per heavy atom. The summed E-state index contributed by atoms with van der Waals surface area (Å²) in [6, 6.07) is 11.7. The molecule has 154 valence electrons. The molecule has 0 spiro atoms. The van der Waals surface area contributed by atoms with Crippen LogP contribution in [0.15, 0.2) is 54.2 Å². The van der Waals surface area contributed by atoms with Gasteiger partial charge in [0.05, 0.1) is 11.3 Å². The lowest BCUT2D eigenvalue weighted by molar-refractivity contribution is -0.222. The number of rotatable bonds is 4. The SMILES string of the molecule is CC1(C)OC(=O)C(=CNc2ccccc2C(=O)Nc2ccc3c(c2)OCO3)C(=O)O1. The number of carbonyl (C=O) groups is 3. The highest BCUT2D eigenvalue weighted by molar-refractivity contribution is 6.15. The minimum atomic E-state index is -1.33. The Bertz CT molecular complexity index is 1050.